The molecule has 7 nitrogen and oxygen atoms in total. The van der Waals surface area contributed by atoms with Crippen molar-refractivity contribution >= 4 is 43.8 Å². The molecule has 1 saturated heterocycles. The van der Waals surface area contributed by atoms with Gasteiger partial charge in [0.1, 0.15) is 10.7 Å². The first-order chi connectivity index (χ1) is 13.4. The van der Waals surface area contributed by atoms with Crippen LogP contribution in [0, 0.1) is 5.82 Å². The topological polar surface area (TPSA) is 100 Å². The van der Waals surface area contributed by atoms with Crippen LogP contribution in [-0.4, -0.2) is 50.5 Å². The average molecular weight is 448 g/mol. The third-order valence-corrected chi connectivity index (χ3v) is 7.18. The molecule has 1 aromatic carbocycles. The molecule has 1 aliphatic rings. The molecule has 0 aliphatic carbocycles. The Morgan fingerprint density at radius 3 is 2.86 bits per heavy atom. The van der Waals surface area contributed by atoms with E-state index in [4.69, 9.17) is 17.3 Å². The van der Waals surface area contributed by atoms with Gasteiger partial charge in [0, 0.05) is 37.3 Å². The number of benzene rings is 1. The van der Waals surface area contributed by atoms with E-state index in [-0.39, 0.29) is 10.2 Å². The molecule has 1 unspecified atom stereocenters. The zero-order valence-electron chi connectivity index (χ0n) is 15.2. The minimum atomic E-state index is -4.10. The number of nitrogens with zero attached hydrogens (tertiary/aromatic N) is 2. The molecule has 4 N–H and O–H groups in total. The zero-order valence-corrected chi connectivity index (χ0v) is 17.6. The normalized spacial score (nSPS) is 17.3. The van der Waals surface area contributed by atoms with Gasteiger partial charge in [-0.05, 0) is 37.9 Å². The van der Waals surface area contributed by atoms with Crippen molar-refractivity contribution < 1.29 is 12.8 Å². The lowest BCUT2D eigenvalue weighted by molar-refractivity contribution is 0.0951. The number of unbranched alkanes of at least 4 members (excludes halogenated alkanes) is 1. The summed E-state index contributed by atoms with van der Waals surface area (Å²) in [5.41, 5.74) is 6.06. The molecule has 11 heteroatoms. The number of likely N-dealkylation sites (tertiary alicyclic amines) is 1. The number of sulfonamides is 1. The lowest BCUT2D eigenvalue weighted by Crippen LogP contribution is -2.51. The number of aromatic nitrogens is 1. The molecule has 154 valence electrons. The van der Waals surface area contributed by atoms with Gasteiger partial charge in [-0.2, -0.15) is 0 Å². The van der Waals surface area contributed by atoms with Crippen LogP contribution in [0.1, 0.15) is 19.3 Å². The summed E-state index contributed by atoms with van der Waals surface area (Å²) in [6.45, 7) is 3.39. The van der Waals surface area contributed by atoms with Crippen LogP contribution in [0.25, 0.3) is 0 Å². The molecule has 0 amide bonds. The number of thiazole rings is 1. The Morgan fingerprint density at radius 2 is 2.21 bits per heavy atom. The number of halogens is 2. The van der Waals surface area contributed by atoms with E-state index in [0.717, 1.165) is 55.8 Å². The standard InChI is InChI=1S/C17H23ClFN5O2S2/c18-13-9-16(28(25,26)23-17-22-5-8-27-17)14(19)10-15(13)21-4-1-2-6-24-7-3-12(24)11-20/h5,8-10,12,21H,1-4,6-7,11,20H2,(H,22,23). The Morgan fingerprint density at radius 1 is 1.39 bits per heavy atom. The van der Waals surface area contributed by atoms with Crippen LogP contribution in [0.4, 0.5) is 15.2 Å². The van der Waals surface area contributed by atoms with E-state index >= 15 is 0 Å². The Bertz CT molecular complexity index is 893. The summed E-state index contributed by atoms with van der Waals surface area (Å²) < 4.78 is 41.4. The summed E-state index contributed by atoms with van der Waals surface area (Å²) in [5, 5.41) is 5.00. The predicted octanol–water partition coefficient (Wildman–Crippen LogP) is 2.96. The third-order valence-electron chi connectivity index (χ3n) is 4.69. The summed E-state index contributed by atoms with van der Waals surface area (Å²) in [7, 11) is -4.10. The second kappa shape index (κ2) is 9.36. The maximum Gasteiger partial charge on any atom is 0.266 e. The highest BCUT2D eigenvalue weighted by atomic mass is 35.5. The van der Waals surface area contributed by atoms with Crippen LogP contribution >= 0.6 is 22.9 Å². The molecule has 0 saturated carbocycles. The van der Waals surface area contributed by atoms with Crippen molar-refractivity contribution in [2.24, 2.45) is 5.73 Å². The Balaban J connectivity index is 1.54. The van der Waals surface area contributed by atoms with Crippen LogP contribution in [0.5, 0.6) is 0 Å². The van der Waals surface area contributed by atoms with Crippen molar-refractivity contribution in [1.29, 1.82) is 0 Å². The van der Waals surface area contributed by atoms with Gasteiger partial charge in [-0.1, -0.05) is 11.6 Å². The largest absolute Gasteiger partial charge is 0.384 e. The van der Waals surface area contributed by atoms with E-state index in [1.165, 1.54) is 6.20 Å². The lowest BCUT2D eigenvalue weighted by atomic mass is 10.0. The molecule has 3 rings (SSSR count). The molecule has 0 radical (unpaired) electrons. The van der Waals surface area contributed by atoms with E-state index in [2.05, 4.69) is 19.9 Å². The number of hydrogen-bond donors (Lipinski definition) is 3. The smallest absolute Gasteiger partial charge is 0.266 e. The first-order valence-corrected chi connectivity index (χ1v) is 11.7. The van der Waals surface area contributed by atoms with E-state index < -0.39 is 20.7 Å². The van der Waals surface area contributed by atoms with Crippen molar-refractivity contribution in [3.8, 4) is 0 Å². The summed E-state index contributed by atoms with van der Waals surface area (Å²) in [6.07, 6.45) is 4.50. The van der Waals surface area contributed by atoms with E-state index in [1.807, 2.05) is 0 Å². The molecule has 1 fully saturated rings. The van der Waals surface area contributed by atoms with Gasteiger partial charge in [0.25, 0.3) is 10.0 Å². The van der Waals surface area contributed by atoms with Crippen LogP contribution in [0.3, 0.4) is 0 Å². The van der Waals surface area contributed by atoms with Gasteiger partial charge in [0.15, 0.2) is 5.13 Å². The summed E-state index contributed by atoms with van der Waals surface area (Å²) >= 11 is 7.27. The first kappa shape index (κ1) is 21.3. The molecule has 2 heterocycles. The van der Waals surface area contributed by atoms with Crippen molar-refractivity contribution in [2.75, 3.05) is 36.2 Å². The number of nitrogens with one attached hydrogen (secondary N) is 2. The molecular formula is C17H23ClFN5O2S2. The van der Waals surface area contributed by atoms with Gasteiger partial charge >= 0.3 is 0 Å². The van der Waals surface area contributed by atoms with Crippen LogP contribution in [0.15, 0.2) is 28.6 Å². The monoisotopic (exact) mass is 447 g/mol. The second-order valence-corrected chi connectivity index (χ2v) is 9.51. The van der Waals surface area contributed by atoms with Crippen molar-refractivity contribution in [2.45, 2.75) is 30.2 Å². The van der Waals surface area contributed by atoms with E-state index in [0.29, 0.717) is 24.8 Å². The molecule has 0 spiro atoms. The molecule has 1 aliphatic heterocycles. The number of nitrogens with two attached hydrogens (primary N) is 1. The second-order valence-electron chi connectivity index (χ2n) is 6.55. The minimum Gasteiger partial charge on any atom is -0.384 e. The summed E-state index contributed by atoms with van der Waals surface area (Å²) in [4.78, 5) is 5.69. The van der Waals surface area contributed by atoms with Crippen LogP contribution in [-0.2, 0) is 10.0 Å². The fraction of sp³-hybridized carbons (Fsp3) is 0.471. The molecular weight excluding hydrogens is 425 g/mol. The lowest BCUT2D eigenvalue weighted by Gasteiger charge is -2.40. The van der Waals surface area contributed by atoms with Gasteiger partial charge in [0.05, 0.1) is 10.7 Å². The summed E-state index contributed by atoms with van der Waals surface area (Å²) in [6, 6.07) is 2.73. The number of hydrogen-bond acceptors (Lipinski definition) is 7. The van der Waals surface area contributed by atoms with Crippen molar-refractivity contribution in [3.05, 3.63) is 34.5 Å². The maximum absolute atomic E-state index is 14.4. The van der Waals surface area contributed by atoms with Crippen LogP contribution < -0.4 is 15.8 Å². The fourth-order valence-electron chi connectivity index (χ4n) is 3.03. The number of rotatable bonds is 10. The van der Waals surface area contributed by atoms with Gasteiger partial charge in [-0.25, -0.2) is 17.8 Å². The highest BCUT2D eigenvalue weighted by Gasteiger charge is 2.25. The maximum atomic E-state index is 14.4. The van der Waals surface area contributed by atoms with Gasteiger partial charge < -0.3 is 11.1 Å². The Hall–Kier alpha value is -1.46. The molecule has 0 bridgehead atoms. The Kier molecular flexibility index (Phi) is 7.10. The zero-order chi connectivity index (χ0) is 20.1. The van der Waals surface area contributed by atoms with E-state index in [9.17, 15) is 12.8 Å². The predicted molar refractivity (Wildman–Crippen MR) is 111 cm³/mol. The molecule has 2 aromatic rings. The minimum absolute atomic E-state index is 0.145. The van der Waals surface area contributed by atoms with Gasteiger partial charge in [0.2, 0.25) is 0 Å². The molecule has 1 atom stereocenters. The molecule has 28 heavy (non-hydrogen) atoms. The van der Waals surface area contributed by atoms with Crippen molar-refractivity contribution in [3.63, 3.8) is 0 Å². The van der Waals surface area contributed by atoms with Gasteiger partial charge in [-0.3, -0.25) is 9.62 Å². The third kappa shape index (κ3) is 5.12. The highest BCUT2D eigenvalue weighted by Crippen LogP contribution is 2.29. The SMILES string of the molecule is NCC1CCN1CCCCNc1cc(F)c(S(=O)(=O)Nc2nccs2)cc1Cl. The molecule has 1 aromatic heterocycles. The van der Waals surface area contributed by atoms with Gasteiger partial charge in [-0.15, -0.1) is 11.3 Å². The van der Waals surface area contributed by atoms with E-state index in [1.54, 1.807) is 5.38 Å². The summed E-state index contributed by atoms with van der Waals surface area (Å²) in [5.74, 6) is -0.873. The Labute approximate surface area is 173 Å². The quantitative estimate of drug-likeness (QED) is 0.484. The van der Waals surface area contributed by atoms with Crippen molar-refractivity contribution in [1.82, 2.24) is 9.88 Å². The number of anilines is 2. The van der Waals surface area contributed by atoms with Crippen LogP contribution in [0.2, 0.25) is 5.02 Å². The highest BCUT2D eigenvalue weighted by molar-refractivity contribution is 7.93. The fourth-order valence-corrected chi connectivity index (χ4v) is 5.20. The first-order valence-electron chi connectivity index (χ1n) is 9.00. The average Bonchev–Trinajstić information content (AvgIpc) is 3.12.